The lowest BCUT2D eigenvalue weighted by Crippen LogP contribution is -2.16. The molecule has 0 spiro atoms. The van der Waals surface area contributed by atoms with Gasteiger partial charge in [-0.25, -0.2) is 9.59 Å². The van der Waals surface area contributed by atoms with Crippen molar-refractivity contribution in [1.82, 2.24) is 5.32 Å². The molecule has 1 aliphatic rings. The van der Waals surface area contributed by atoms with Gasteiger partial charge in [-0.15, -0.1) is 0 Å². The molecule has 0 bridgehead atoms. The van der Waals surface area contributed by atoms with Crippen LogP contribution in [0.3, 0.4) is 0 Å². The van der Waals surface area contributed by atoms with Crippen LogP contribution < -0.4 is 29.0 Å². The van der Waals surface area contributed by atoms with Crippen molar-refractivity contribution in [3.63, 3.8) is 0 Å². The maximum absolute atomic E-state index is 9.10. The van der Waals surface area contributed by atoms with E-state index in [-0.39, 0.29) is 0 Å². The number of hydrogen-bond acceptors (Lipinski definition) is 8. The molecular formula is C21H25NO9. The van der Waals surface area contributed by atoms with Crippen molar-refractivity contribution in [2.24, 2.45) is 0 Å². The summed E-state index contributed by atoms with van der Waals surface area (Å²) < 4.78 is 26.8. The molecule has 0 saturated carbocycles. The summed E-state index contributed by atoms with van der Waals surface area (Å²) in [6, 6.07) is 9.96. The monoisotopic (exact) mass is 435 g/mol. The van der Waals surface area contributed by atoms with Crippen molar-refractivity contribution in [3.8, 4) is 28.7 Å². The van der Waals surface area contributed by atoms with Crippen molar-refractivity contribution >= 4 is 11.9 Å². The predicted molar refractivity (Wildman–Crippen MR) is 109 cm³/mol. The lowest BCUT2D eigenvalue weighted by atomic mass is 10.1. The topological polar surface area (TPSA) is 133 Å². The zero-order valence-electron chi connectivity index (χ0n) is 17.5. The Labute approximate surface area is 179 Å². The Kier molecular flexibility index (Phi) is 8.77. The summed E-state index contributed by atoms with van der Waals surface area (Å²) in [5, 5.41) is 18.2. The van der Waals surface area contributed by atoms with Gasteiger partial charge in [0.2, 0.25) is 12.5 Å². The van der Waals surface area contributed by atoms with Crippen LogP contribution in [0.25, 0.3) is 0 Å². The second-order valence-corrected chi connectivity index (χ2v) is 6.26. The maximum atomic E-state index is 9.10. The Hall–Kier alpha value is -3.66. The van der Waals surface area contributed by atoms with Crippen LogP contribution in [0.4, 0.5) is 0 Å². The van der Waals surface area contributed by atoms with E-state index in [1.807, 2.05) is 24.3 Å². The minimum absolute atomic E-state index is 0.304. The molecule has 1 aliphatic heterocycles. The van der Waals surface area contributed by atoms with Gasteiger partial charge in [0.05, 0.1) is 21.3 Å². The van der Waals surface area contributed by atoms with Gasteiger partial charge in [-0.2, -0.15) is 0 Å². The Morgan fingerprint density at radius 2 is 1.52 bits per heavy atom. The summed E-state index contributed by atoms with van der Waals surface area (Å²) in [7, 11) is 4.84. The number of carbonyl (C=O) groups is 2. The van der Waals surface area contributed by atoms with E-state index in [4.69, 9.17) is 43.5 Å². The maximum Gasteiger partial charge on any atom is 0.414 e. The van der Waals surface area contributed by atoms with E-state index in [0.717, 1.165) is 30.0 Å². The van der Waals surface area contributed by atoms with Crippen molar-refractivity contribution < 1.29 is 43.5 Å². The smallest absolute Gasteiger partial charge is 0.414 e. The first kappa shape index (κ1) is 23.6. The molecule has 0 amide bonds. The number of benzene rings is 2. The predicted octanol–water partition coefficient (Wildman–Crippen LogP) is 1.93. The standard InChI is InChI=1S/C19H23NO5.C2H2O4/c1-21-17-9-14(10-18(22-2)19(17)23-3)11-20-7-6-13-4-5-15-16(8-13)25-12-24-15;3-1(4)2(5)6/h4-5,8-10,20H,6-7,11-12H2,1-3H3;(H,3,4)(H,5,6). The van der Waals surface area contributed by atoms with E-state index in [9.17, 15) is 0 Å². The zero-order valence-corrected chi connectivity index (χ0v) is 17.5. The molecule has 0 radical (unpaired) electrons. The highest BCUT2D eigenvalue weighted by Crippen LogP contribution is 2.38. The van der Waals surface area contributed by atoms with Crippen LogP contribution in [0, 0.1) is 0 Å². The van der Waals surface area contributed by atoms with Gasteiger partial charge in [-0.1, -0.05) is 6.07 Å². The highest BCUT2D eigenvalue weighted by molar-refractivity contribution is 6.27. The van der Waals surface area contributed by atoms with Gasteiger partial charge in [-0.3, -0.25) is 0 Å². The molecule has 3 rings (SSSR count). The van der Waals surface area contributed by atoms with E-state index in [0.29, 0.717) is 30.6 Å². The van der Waals surface area contributed by atoms with E-state index in [1.165, 1.54) is 5.56 Å². The molecule has 10 heteroatoms. The molecule has 2 aromatic carbocycles. The lowest BCUT2D eigenvalue weighted by molar-refractivity contribution is -0.159. The number of ether oxygens (including phenoxy) is 5. The molecule has 0 saturated heterocycles. The number of fused-ring (bicyclic) bond motifs is 1. The fourth-order valence-corrected chi connectivity index (χ4v) is 2.80. The third kappa shape index (κ3) is 6.68. The van der Waals surface area contributed by atoms with Gasteiger partial charge in [0, 0.05) is 6.54 Å². The first-order valence-electron chi connectivity index (χ1n) is 9.24. The summed E-state index contributed by atoms with van der Waals surface area (Å²) in [5.74, 6) is -0.0841. The van der Waals surface area contributed by atoms with Crippen LogP contribution in [0.15, 0.2) is 30.3 Å². The van der Waals surface area contributed by atoms with Crippen LogP contribution in [-0.4, -0.2) is 56.8 Å². The lowest BCUT2D eigenvalue weighted by Gasteiger charge is -2.14. The van der Waals surface area contributed by atoms with Crippen LogP contribution >= 0.6 is 0 Å². The third-order valence-corrected chi connectivity index (χ3v) is 4.26. The van der Waals surface area contributed by atoms with Gasteiger partial charge < -0.3 is 39.2 Å². The van der Waals surface area contributed by atoms with Crippen molar-refractivity contribution in [1.29, 1.82) is 0 Å². The molecule has 0 atom stereocenters. The van der Waals surface area contributed by atoms with E-state index in [1.54, 1.807) is 21.3 Å². The van der Waals surface area contributed by atoms with Gasteiger partial charge >= 0.3 is 11.9 Å². The summed E-state index contributed by atoms with van der Waals surface area (Å²) in [5.41, 5.74) is 2.28. The number of carboxylic acids is 2. The average molecular weight is 435 g/mol. The highest BCUT2D eigenvalue weighted by atomic mass is 16.7. The Balaban J connectivity index is 0.000000501. The van der Waals surface area contributed by atoms with Gasteiger partial charge in [0.15, 0.2) is 23.0 Å². The summed E-state index contributed by atoms with van der Waals surface area (Å²) in [6.07, 6.45) is 0.904. The van der Waals surface area contributed by atoms with Crippen molar-refractivity contribution in [2.45, 2.75) is 13.0 Å². The largest absolute Gasteiger partial charge is 0.493 e. The fourth-order valence-electron chi connectivity index (χ4n) is 2.80. The van der Waals surface area contributed by atoms with Gasteiger partial charge in [0.25, 0.3) is 0 Å². The summed E-state index contributed by atoms with van der Waals surface area (Å²) in [4.78, 5) is 18.2. The molecule has 0 unspecified atom stereocenters. The second kappa shape index (κ2) is 11.5. The summed E-state index contributed by atoms with van der Waals surface area (Å²) in [6.45, 7) is 1.86. The number of nitrogens with one attached hydrogen (secondary N) is 1. The minimum atomic E-state index is -1.82. The second-order valence-electron chi connectivity index (χ2n) is 6.26. The molecule has 0 aromatic heterocycles. The van der Waals surface area contributed by atoms with Gasteiger partial charge in [0.1, 0.15) is 0 Å². The number of rotatable bonds is 8. The molecule has 2 aromatic rings. The summed E-state index contributed by atoms with van der Waals surface area (Å²) >= 11 is 0. The van der Waals surface area contributed by atoms with E-state index in [2.05, 4.69) is 11.4 Å². The number of methoxy groups -OCH3 is 3. The molecule has 0 fully saturated rings. The SMILES string of the molecule is COc1cc(CNCCc2ccc3c(c2)OCO3)cc(OC)c1OC.O=C(O)C(=O)O. The van der Waals surface area contributed by atoms with E-state index < -0.39 is 11.9 Å². The van der Waals surface area contributed by atoms with Crippen molar-refractivity contribution in [3.05, 3.63) is 41.5 Å². The molecule has 10 nitrogen and oxygen atoms in total. The normalized spacial score (nSPS) is 11.2. The first-order chi connectivity index (χ1) is 14.9. The zero-order chi connectivity index (χ0) is 22.8. The Morgan fingerprint density at radius 1 is 0.903 bits per heavy atom. The fraction of sp³-hybridized carbons (Fsp3) is 0.333. The average Bonchev–Trinajstić information content (AvgIpc) is 3.24. The highest BCUT2D eigenvalue weighted by Gasteiger charge is 2.14. The molecule has 168 valence electrons. The Morgan fingerprint density at radius 3 is 2.06 bits per heavy atom. The molecule has 0 aliphatic carbocycles. The first-order valence-corrected chi connectivity index (χ1v) is 9.24. The van der Waals surface area contributed by atoms with Crippen LogP contribution in [0.1, 0.15) is 11.1 Å². The van der Waals surface area contributed by atoms with Crippen molar-refractivity contribution in [2.75, 3.05) is 34.7 Å². The van der Waals surface area contributed by atoms with Crippen LogP contribution in [0.5, 0.6) is 28.7 Å². The third-order valence-electron chi connectivity index (χ3n) is 4.26. The van der Waals surface area contributed by atoms with Crippen LogP contribution in [-0.2, 0) is 22.6 Å². The molecular weight excluding hydrogens is 410 g/mol. The number of aliphatic carboxylic acids is 2. The quantitative estimate of drug-likeness (QED) is 0.417. The molecule has 3 N–H and O–H groups in total. The molecule has 1 heterocycles. The minimum Gasteiger partial charge on any atom is -0.493 e. The van der Waals surface area contributed by atoms with E-state index >= 15 is 0 Å². The van der Waals surface area contributed by atoms with Crippen LogP contribution in [0.2, 0.25) is 0 Å². The molecule has 31 heavy (non-hydrogen) atoms. The number of carboxylic acid groups (broad SMARTS) is 2. The Bertz CT molecular complexity index is 877. The number of hydrogen-bond donors (Lipinski definition) is 3. The van der Waals surface area contributed by atoms with Gasteiger partial charge in [-0.05, 0) is 48.4 Å².